The van der Waals surface area contributed by atoms with Crippen molar-refractivity contribution in [1.82, 2.24) is 5.32 Å². The topological polar surface area (TPSA) is 131 Å². The molecular formula is C19H22N4O4. The summed E-state index contributed by atoms with van der Waals surface area (Å²) >= 11 is 0. The minimum absolute atomic E-state index is 0.00814. The molecule has 0 radical (unpaired) electrons. The number of nitrogens with zero attached hydrogens (tertiary/aromatic N) is 1. The van der Waals surface area contributed by atoms with E-state index in [1.54, 1.807) is 0 Å². The predicted molar refractivity (Wildman–Crippen MR) is 103 cm³/mol. The Morgan fingerprint density at radius 2 is 1.78 bits per heavy atom. The molecule has 2 aromatic carbocycles. The van der Waals surface area contributed by atoms with Crippen LogP contribution in [0.3, 0.4) is 0 Å². The molecule has 2 rings (SSSR count). The Bertz CT molecular complexity index is 1000. The number of rotatable bonds is 5. The molecule has 0 aliphatic heterocycles. The minimum atomic E-state index is -0.734. The average molecular weight is 370 g/mol. The molecule has 0 heterocycles. The quantitative estimate of drug-likeness (QED) is 0.466. The number of phenolic OH excluding ortho intramolecular Hbond substituents is 1. The second kappa shape index (κ2) is 7.11. The summed E-state index contributed by atoms with van der Waals surface area (Å²) < 4.78 is 0. The van der Waals surface area contributed by atoms with Crippen LogP contribution in [0.4, 0.5) is 17.1 Å². The molecule has 4 N–H and O–H groups in total. The van der Waals surface area contributed by atoms with E-state index < -0.39 is 22.5 Å². The molecule has 0 aromatic heterocycles. The largest absolute Gasteiger partial charge is 0.505 e. The molecule has 27 heavy (non-hydrogen) atoms. The normalized spacial score (nSPS) is 12.3. The van der Waals surface area contributed by atoms with Gasteiger partial charge in [0, 0.05) is 13.1 Å². The van der Waals surface area contributed by atoms with E-state index in [0.29, 0.717) is 0 Å². The van der Waals surface area contributed by atoms with Crippen molar-refractivity contribution in [3.8, 4) is 11.8 Å². The van der Waals surface area contributed by atoms with Gasteiger partial charge in [0.15, 0.2) is 5.75 Å². The van der Waals surface area contributed by atoms with Crippen LogP contribution in [0.25, 0.3) is 0 Å². The minimum Gasteiger partial charge on any atom is -0.505 e. The van der Waals surface area contributed by atoms with Crippen molar-refractivity contribution < 1.29 is 9.90 Å². The highest BCUT2D eigenvalue weighted by atomic mass is 16.3. The van der Waals surface area contributed by atoms with Crippen LogP contribution in [-0.2, 0) is 0 Å². The summed E-state index contributed by atoms with van der Waals surface area (Å²) in [4.78, 5) is 35.9. The van der Waals surface area contributed by atoms with Crippen molar-refractivity contribution in [1.29, 1.82) is 5.26 Å². The lowest BCUT2D eigenvalue weighted by atomic mass is 9.87. The van der Waals surface area contributed by atoms with Crippen molar-refractivity contribution in [2.45, 2.75) is 33.7 Å². The van der Waals surface area contributed by atoms with Crippen LogP contribution < -0.4 is 26.8 Å². The summed E-state index contributed by atoms with van der Waals surface area (Å²) in [6.45, 7) is 7.85. The van der Waals surface area contributed by atoms with Gasteiger partial charge in [-0.2, -0.15) is 5.26 Å². The van der Waals surface area contributed by atoms with Gasteiger partial charge in [-0.1, -0.05) is 20.8 Å². The monoisotopic (exact) mass is 370 g/mol. The molecule has 0 bridgehead atoms. The number of hydrogen-bond acceptors (Lipinski definition) is 7. The second-order valence-electron chi connectivity index (χ2n) is 7.38. The number of carbonyl (C=O) groups excluding carboxylic acids is 1. The van der Waals surface area contributed by atoms with E-state index in [1.807, 2.05) is 33.8 Å². The van der Waals surface area contributed by atoms with E-state index >= 15 is 0 Å². The number of phenols is 1. The van der Waals surface area contributed by atoms with E-state index in [1.165, 1.54) is 19.2 Å². The van der Waals surface area contributed by atoms with Crippen LogP contribution in [0.1, 0.15) is 43.6 Å². The smallest absolute Gasteiger partial charge is 0.254 e. The van der Waals surface area contributed by atoms with Crippen LogP contribution in [0, 0.1) is 16.7 Å². The molecule has 142 valence electrons. The average Bonchev–Trinajstić information content (AvgIpc) is 2.63. The Kier molecular flexibility index (Phi) is 5.26. The van der Waals surface area contributed by atoms with Gasteiger partial charge < -0.3 is 21.1 Å². The fourth-order valence-electron chi connectivity index (χ4n) is 2.32. The molecule has 1 atom stereocenters. The molecule has 0 saturated heterocycles. The molecule has 0 unspecified atom stereocenters. The summed E-state index contributed by atoms with van der Waals surface area (Å²) in [5, 5.41) is 27.6. The van der Waals surface area contributed by atoms with Gasteiger partial charge in [0.1, 0.15) is 11.4 Å². The zero-order valence-corrected chi connectivity index (χ0v) is 15.9. The molecule has 0 aliphatic carbocycles. The number of nitriles is 1. The van der Waals surface area contributed by atoms with Gasteiger partial charge in [0.25, 0.3) is 16.8 Å². The first kappa shape index (κ1) is 20.0. The molecule has 0 aliphatic rings. The standard InChI is InChI=1S/C19H22N4O4/c1-9(19(2,3)4)22-13-14(17(26)16(13)25)23-12-7-10(8-20)6-11(15(12)24)18(27)21-5/h6-7,9,22-24H,1-5H3,(H,21,27)/t9-/m0/s1. The number of carbonyl (C=O) groups is 1. The summed E-state index contributed by atoms with van der Waals surface area (Å²) in [5.74, 6) is -1.01. The fraction of sp³-hybridized carbons (Fsp3) is 0.368. The molecule has 2 aromatic rings. The number of amides is 1. The van der Waals surface area contributed by atoms with Gasteiger partial charge >= 0.3 is 0 Å². The highest BCUT2D eigenvalue weighted by Gasteiger charge is 2.28. The lowest BCUT2D eigenvalue weighted by molar-refractivity contribution is 0.0960. The molecular weight excluding hydrogens is 348 g/mol. The van der Waals surface area contributed by atoms with Crippen LogP contribution in [-0.4, -0.2) is 24.1 Å². The van der Waals surface area contributed by atoms with E-state index in [-0.39, 0.29) is 39.6 Å². The number of anilines is 3. The summed E-state index contributed by atoms with van der Waals surface area (Å²) in [7, 11) is 1.39. The maximum absolute atomic E-state index is 12.0. The van der Waals surface area contributed by atoms with E-state index in [0.717, 1.165) is 0 Å². The summed E-state index contributed by atoms with van der Waals surface area (Å²) in [6.07, 6.45) is 0. The van der Waals surface area contributed by atoms with Gasteiger partial charge in [-0.05, 0) is 24.5 Å². The van der Waals surface area contributed by atoms with Gasteiger partial charge in [-0.25, -0.2) is 0 Å². The third-order valence-corrected chi connectivity index (χ3v) is 4.54. The van der Waals surface area contributed by atoms with Crippen LogP contribution >= 0.6 is 0 Å². The van der Waals surface area contributed by atoms with Gasteiger partial charge in [-0.15, -0.1) is 0 Å². The highest BCUT2D eigenvalue weighted by Crippen LogP contribution is 2.33. The van der Waals surface area contributed by atoms with E-state index in [2.05, 4.69) is 16.0 Å². The van der Waals surface area contributed by atoms with E-state index in [4.69, 9.17) is 5.26 Å². The van der Waals surface area contributed by atoms with Crippen LogP contribution in [0.2, 0.25) is 0 Å². The molecule has 0 spiro atoms. The second-order valence-corrected chi connectivity index (χ2v) is 7.38. The Hall–Kier alpha value is -3.34. The van der Waals surface area contributed by atoms with Crippen molar-refractivity contribution in [2.24, 2.45) is 5.41 Å². The first-order chi connectivity index (χ1) is 12.5. The zero-order chi connectivity index (χ0) is 20.5. The van der Waals surface area contributed by atoms with Crippen LogP contribution in [0.5, 0.6) is 5.75 Å². The van der Waals surface area contributed by atoms with Crippen molar-refractivity contribution in [2.75, 3.05) is 17.7 Å². The van der Waals surface area contributed by atoms with Gasteiger partial charge in [-0.3, -0.25) is 14.4 Å². The maximum Gasteiger partial charge on any atom is 0.254 e. The third kappa shape index (κ3) is 3.77. The van der Waals surface area contributed by atoms with Crippen molar-refractivity contribution in [3.63, 3.8) is 0 Å². The number of hydrogen-bond donors (Lipinski definition) is 4. The van der Waals surface area contributed by atoms with Gasteiger partial charge in [0.05, 0.1) is 22.9 Å². The fourth-order valence-corrected chi connectivity index (χ4v) is 2.32. The first-order valence-electron chi connectivity index (χ1n) is 8.37. The first-order valence-corrected chi connectivity index (χ1v) is 8.37. The molecule has 0 saturated carbocycles. The molecule has 0 fully saturated rings. The zero-order valence-electron chi connectivity index (χ0n) is 15.9. The summed E-state index contributed by atoms with van der Waals surface area (Å²) in [6, 6.07) is 4.32. The SMILES string of the molecule is CNC(=O)c1cc(C#N)cc(Nc2c(N[C@@H](C)C(C)(C)C)c(=O)c2=O)c1O. The lowest BCUT2D eigenvalue weighted by Gasteiger charge is -2.30. The maximum atomic E-state index is 12.0. The Morgan fingerprint density at radius 3 is 2.30 bits per heavy atom. The van der Waals surface area contributed by atoms with Crippen molar-refractivity contribution in [3.05, 3.63) is 43.7 Å². The van der Waals surface area contributed by atoms with Crippen molar-refractivity contribution >= 4 is 23.0 Å². The third-order valence-electron chi connectivity index (χ3n) is 4.54. The van der Waals surface area contributed by atoms with Crippen LogP contribution in [0.15, 0.2) is 21.7 Å². The predicted octanol–water partition coefficient (Wildman–Crippen LogP) is 1.81. The molecule has 1 amide bonds. The summed E-state index contributed by atoms with van der Waals surface area (Å²) in [5.41, 5.74) is -1.45. The number of benzene rings is 1. The Morgan fingerprint density at radius 1 is 1.19 bits per heavy atom. The van der Waals surface area contributed by atoms with Gasteiger partial charge in [0.2, 0.25) is 0 Å². The number of nitrogens with one attached hydrogen (secondary N) is 3. The number of aromatic hydroxyl groups is 1. The Labute approximate surface area is 156 Å². The van der Waals surface area contributed by atoms with E-state index in [9.17, 15) is 19.5 Å². The lowest BCUT2D eigenvalue weighted by Crippen LogP contribution is -2.41. The highest BCUT2D eigenvalue weighted by molar-refractivity contribution is 5.99. The molecule has 8 heteroatoms. The Balaban J connectivity index is 2.46. The molecule has 8 nitrogen and oxygen atoms in total.